The Morgan fingerprint density at radius 3 is 2.70 bits per heavy atom. The second-order valence-electron chi connectivity index (χ2n) is 6.82. The Bertz CT molecular complexity index is 759. The second kappa shape index (κ2) is 9.60. The number of benzene rings is 1. The number of carbonyl (C=O) groups excluding carboxylic acids is 1. The summed E-state index contributed by atoms with van der Waals surface area (Å²) in [5.41, 5.74) is 1.80. The van der Waals surface area contributed by atoms with Crippen molar-refractivity contribution in [3.8, 4) is 0 Å². The fraction of sp³-hybridized carbons (Fsp3) is 0.429. The first-order chi connectivity index (χ1) is 13.2. The second-order valence-corrected chi connectivity index (χ2v) is 7.26. The molecule has 0 spiro atoms. The Morgan fingerprint density at radius 2 is 1.96 bits per heavy atom. The lowest BCUT2D eigenvalue weighted by Gasteiger charge is -2.36. The summed E-state index contributed by atoms with van der Waals surface area (Å²) in [4.78, 5) is 21.4. The monoisotopic (exact) mass is 386 g/mol. The maximum atomic E-state index is 12.9. The number of aromatic nitrogens is 1. The number of rotatable bonds is 7. The van der Waals surface area contributed by atoms with Crippen LogP contribution in [0.3, 0.4) is 0 Å². The van der Waals surface area contributed by atoms with Crippen molar-refractivity contribution in [2.45, 2.75) is 26.2 Å². The minimum absolute atomic E-state index is 0.0692. The van der Waals surface area contributed by atoms with Crippen LogP contribution >= 0.6 is 11.6 Å². The van der Waals surface area contributed by atoms with Gasteiger partial charge in [0.15, 0.2) is 0 Å². The van der Waals surface area contributed by atoms with Gasteiger partial charge in [-0.3, -0.25) is 4.79 Å². The minimum Gasteiger partial charge on any atom is -0.370 e. The van der Waals surface area contributed by atoms with Crippen LogP contribution in [0.1, 0.15) is 36.5 Å². The number of amides is 1. The zero-order valence-corrected chi connectivity index (χ0v) is 16.6. The van der Waals surface area contributed by atoms with E-state index < -0.39 is 0 Å². The Labute approximate surface area is 166 Å². The largest absolute Gasteiger partial charge is 0.370 e. The normalized spacial score (nSPS) is 14.3. The minimum atomic E-state index is 0.0692. The number of halogens is 1. The molecular weight excluding hydrogens is 360 g/mol. The average molecular weight is 387 g/mol. The third kappa shape index (κ3) is 5.36. The van der Waals surface area contributed by atoms with Gasteiger partial charge >= 0.3 is 0 Å². The van der Waals surface area contributed by atoms with Crippen molar-refractivity contribution in [3.05, 3.63) is 53.2 Å². The summed E-state index contributed by atoms with van der Waals surface area (Å²) < 4.78 is 0. The molecule has 0 unspecified atom stereocenters. The van der Waals surface area contributed by atoms with Crippen molar-refractivity contribution in [1.82, 2.24) is 9.88 Å². The molecule has 0 radical (unpaired) electrons. The van der Waals surface area contributed by atoms with Gasteiger partial charge in [0.05, 0.1) is 0 Å². The first-order valence-corrected chi connectivity index (χ1v) is 10.0. The summed E-state index contributed by atoms with van der Waals surface area (Å²) >= 11 is 6.09. The lowest BCUT2D eigenvalue weighted by molar-refractivity contribution is 0.0746. The van der Waals surface area contributed by atoms with Crippen molar-refractivity contribution < 1.29 is 4.79 Å². The summed E-state index contributed by atoms with van der Waals surface area (Å²) in [6.45, 7) is 6.08. The highest BCUT2D eigenvalue weighted by molar-refractivity contribution is 6.30. The molecule has 2 aromatic rings. The van der Waals surface area contributed by atoms with E-state index in [1.165, 1.54) is 12.8 Å². The Kier molecular flexibility index (Phi) is 6.93. The molecule has 1 saturated heterocycles. The number of hydrogen-bond donors (Lipinski definition) is 1. The Balaban J connectivity index is 1.56. The van der Waals surface area contributed by atoms with E-state index in [0.717, 1.165) is 42.6 Å². The molecule has 27 heavy (non-hydrogen) atoms. The van der Waals surface area contributed by atoms with E-state index >= 15 is 0 Å². The third-order valence-corrected chi connectivity index (χ3v) is 5.07. The lowest BCUT2D eigenvalue weighted by Crippen LogP contribution is -2.48. The molecule has 3 rings (SSSR count). The van der Waals surface area contributed by atoms with Gasteiger partial charge in [-0.05, 0) is 36.8 Å². The maximum Gasteiger partial charge on any atom is 0.254 e. The molecule has 1 aliphatic rings. The molecule has 5 nitrogen and oxygen atoms in total. The van der Waals surface area contributed by atoms with E-state index in [2.05, 4.69) is 28.2 Å². The maximum absolute atomic E-state index is 12.9. The molecule has 0 atom stereocenters. The van der Waals surface area contributed by atoms with Crippen LogP contribution in [-0.4, -0.2) is 48.5 Å². The fourth-order valence-corrected chi connectivity index (χ4v) is 3.46. The summed E-state index contributed by atoms with van der Waals surface area (Å²) in [6, 6.07) is 11.5. The number of pyridine rings is 1. The number of nitrogens with one attached hydrogen (secondary N) is 1. The molecule has 2 heterocycles. The highest BCUT2D eigenvalue weighted by Gasteiger charge is 2.22. The predicted molar refractivity (Wildman–Crippen MR) is 112 cm³/mol. The third-order valence-electron chi connectivity index (χ3n) is 4.83. The van der Waals surface area contributed by atoms with Crippen molar-refractivity contribution in [3.63, 3.8) is 0 Å². The summed E-state index contributed by atoms with van der Waals surface area (Å²) in [6.07, 6.45) is 5.21. The van der Waals surface area contributed by atoms with E-state index in [1.807, 2.05) is 29.2 Å². The SMILES string of the molecule is CCCCCNc1cc(C(=O)N2CCN(c3cccc(Cl)c3)CC2)ccn1. The molecule has 1 aliphatic heterocycles. The number of hydrogen-bond acceptors (Lipinski definition) is 4. The van der Waals surface area contributed by atoms with E-state index in [1.54, 1.807) is 12.3 Å². The van der Waals surface area contributed by atoms with Crippen molar-refractivity contribution in [2.75, 3.05) is 42.9 Å². The van der Waals surface area contributed by atoms with Crippen LogP contribution in [0, 0.1) is 0 Å². The molecule has 6 heteroatoms. The van der Waals surface area contributed by atoms with Crippen molar-refractivity contribution in [2.24, 2.45) is 0 Å². The molecule has 1 N–H and O–H groups in total. The van der Waals surface area contributed by atoms with Gasteiger partial charge in [-0.25, -0.2) is 4.98 Å². The molecule has 1 aromatic heterocycles. The number of unbranched alkanes of at least 4 members (excludes halogenated alkanes) is 2. The number of piperazine rings is 1. The van der Waals surface area contributed by atoms with Crippen molar-refractivity contribution >= 4 is 29.0 Å². The zero-order valence-electron chi connectivity index (χ0n) is 15.8. The fourth-order valence-electron chi connectivity index (χ4n) is 3.27. The van der Waals surface area contributed by atoms with Gasteiger partial charge in [0.1, 0.15) is 5.82 Å². The highest BCUT2D eigenvalue weighted by atomic mass is 35.5. The van der Waals surface area contributed by atoms with Crippen LogP contribution in [0.25, 0.3) is 0 Å². The van der Waals surface area contributed by atoms with Gasteiger partial charge in [0.2, 0.25) is 0 Å². The molecule has 0 aliphatic carbocycles. The predicted octanol–water partition coefficient (Wildman–Crippen LogP) is 4.30. The van der Waals surface area contributed by atoms with E-state index in [-0.39, 0.29) is 5.91 Å². The average Bonchev–Trinajstić information content (AvgIpc) is 2.71. The molecular formula is C21H27ClN4O. The lowest BCUT2D eigenvalue weighted by atomic mass is 10.2. The van der Waals surface area contributed by atoms with Crippen LogP contribution in [0.15, 0.2) is 42.6 Å². The quantitative estimate of drug-likeness (QED) is 0.721. The molecule has 144 valence electrons. The highest BCUT2D eigenvalue weighted by Crippen LogP contribution is 2.21. The standard InChI is InChI=1S/C21H27ClN4O/c1-2-3-4-9-23-20-15-17(8-10-24-20)21(27)26-13-11-25(12-14-26)19-7-5-6-18(22)16-19/h5-8,10,15-16H,2-4,9,11-14H2,1H3,(H,23,24). The van der Waals surface area contributed by atoms with Crippen LogP contribution < -0.4 is 10.2 Å². The van der Waals surface area contributed by atoms with Crippen molar-refractivity contribution in [1.29, 1.82) is 0 Å². The first kappa shape index (κ1) is 19.5. The first-order valence-electron chi connectivity index (χ1n) is 9.67. The van der Waals surface area contributed by atoms with Crippen LogP contribution in [0.5, 0.6) is 0 Å². The number of anilines is 2. The van der Waals surface area contributed by atoms with E-state index in [0.29, 0.717) is 18.7 Å². The van der Waals surface area contributed by atoms with Gasteiger partial charge in [-0.1, -0.05) is 37.4 Å². The van der Waals surface area contributed by atoms with Crippen LogP contribution in [0.4, 0.5) is 11.5 Å². The Morgan fingerprint density at radius 1 is 1.15 bits per heavy atom. The van der Waals surface area contributed by atoms with E-state index in [4.69, 9.17) is 11.6 Å². The molecule has 1 aromatic carbocycles. The summed E-state index contributed by atoms with van der Waals surface area (Å²) in [5.74, 6) is 0.842. The van der Waals surface area contributed by atoms with Gasteiger partial charge in [0, 0.05) is 55.2 Å². The van der Waals surface area contributed by atoms with Crippen LogP contribution in [0.2, 0.25) is 5.02 Å². The van der Waals surface area contributed by atoms with Gasteiger partial charge in [-0.2, -0.15) is 0 Å². The van der Waals surface area contributed by atoms with Gasteiger partial charge in [-0.15, -0.1) is 0 Å². The summed E-state index contributed by atoms with van der Waals surface area (Å²) in [7, 11) is 0. The smallest absolute Gasteiger partial charge is 0.254 e. The molecule has 1 amide bonds. The zero-order chi connectivity index (χ0) is 19.1. The van der Waals surface area contributed by atoms with Gasteiger partial charge < -0.3 is 15.1 Å². The number of nitrogens with zero attached hydrogens (tertiary/aromatic N) is 3. The Hall–Kier alpha value is -2.27. The molecule has 0 saturated carbocycles. The number of carbonyl (C=O) groups is 1. The topological polar surface area (TPSA) is 48.5 Å². The molecule has 0 bridgehead atoms. The van der Waals surface area contributed by atoms with E-state index in [9.17, 15) is 4.79 Å². The molecule has 1 fully saturated rings. The van der Waals surface area contributed by atoms with Crippen LogP contribution in [-0.2, 0) is 0 Å². The van der Waals surface area contributed by atoms with Gasteiger partial charge in [0.25, 0.3) is 5.91 Å². The summed E-state index contributed by atoms with van der Waals surface area (Å²) in [5, 5.41) is 4.05.